The average Bonchev–Trinajstić information content (AvgIpc) is 2.72. The molecule has 0 amide bonds. The van der Waals surface area contributed by atoms with Crippen molar-refractivity contribution in [3.63, 3.8) is 0 Å². The molecule has 0 radical (unpaired) electrons. The molecule has 2 heterocycles. The third-order valence-corrected chi connectivity index (χ3v) is 2.14. The number of hydrogen-bond acceptors (Lipinski definition) is 4. The second-order valence-corrected chi connectivity index (χ2v) is 3.23. The van der Waals surface area contributed by atoms with E-state index in [9.17, 15) is 0 Å². The third-order valence-electron chi connectivity index (χ3n) is 2.14. The Labute approximate surface area is 74.6 Å². The van der Waals surface area contributed by atoms with E-state index >= 15 is 0 Å². The molecule has 3 rings (SSSR count). The molecule has 0 aromatic carbocycles. The topological polar surface area (TPSA) is 52.1 Å². The summed E-state index contributed by atoms with van der Waals surface area (Å²) in [5.74, 6) is 1.82. The van der Waals surface area contributed by atoms with Gasteiger partial charge in [-0.15, -0.1) is 10.2 Å². The van der Waals surface area contributed by atoms with E-state index in [0.29, 0.717) is 11.8 Å². The number of hydrogen-bond donors (Lipinski definition) is 0. The highest BCUT2D eigenvalue weighted by Gasteiger charge is 2.29. The summed E-state index contributed by atoms with van der Waals surface area (Å²) < 4.78 is 10.4. The number of aromatic nitrogens is 2. The highest BCUT2D eigenvalue weighted by atomic mass is 16.4. The Morgan fingerprint density at radius 2 is 2.23 bits per heavy atom. The highest BCUT2D eigenvalue weighted by molar-refractivity contribution is 5.49. The van der Waals surface area contributed by atoms with Crippen LogP contribution in [0, 0.1) is 0 Å². The molecular formula is C9H8N2O2. The minimum Gasteiger partial charge on any atom is -0.472 e. The van der Waals surface area contributed by atoms with Crippen LogP contribution in [0.1, 0.15) is 24.7 Å². The zero-order valence-corrected chi connectivity index (χ0v) is 6.93. The molecule has 13 heavy (non-hydrogen) atoms. The lowest BCUT2D eigenvalue weighted by Gasteiger charge is -1.84. The molecule has 0 saturated heterocycles. The lowest BCUT2D eigenvalue weighted by Crippen LogP contribution is -1.76. The summed E-state index contributed by atoms with van der Waals surface area (Å²) in [7, 11) is 0. The maximum absolute atomic E-state index is 5.47. The van der Waals surface area contributed by atoms with E-state index in [1.54, 1.807) is 12.5 Å². The SMILES string of the molecule is c1cc(-c2nnc(C3CC3)o2)co1. The Bertz CT molecular complexity index is 401. The number of nitrogens with zero attached hydrogens (tertiary/aromatic N) is 2. The molecule has 2 aromatic rings. The first-order chi connectivity index (χ1) is 6.43. The summed E-state index contributed by atoms with van der Waals surface area (Å²) >= 11 is 0. The summed E-state index contributed by atoms with van der Waals surface area (Å²) in [6, 6.07) is 1.81. The molecular weight excluding hydrogens is 168 g/mol. The van der Waals surface area contributed by atoms with Crippen LogP contribution in [0.2, 0.25) is 0 Å². The monoisotopic (exact) mass is 176 g/mol. The molecule has 0 spiro atoms. The molecule has 0 aliphatic heterocycles. The van der Waals surface area contributed by atoms with Crippen molar-refractivity contribution in [2.24, 2.45) is 0 Å². The van der Waals surface area contributed by atoms with Gasteiger partial charge in [-0.1, -0.05) is 0 Å². The molecule has 66 valence electrons. The van der Waals surface area contributed by atoms with Gasteiger partial charge >= 0.3 is 0 Å². The van der Waals surface area contributed by atoms with Crippen LogP contribution in [0.4, 0.5) is 0 Å². The van der Waals surface area contributed by atoms with E-state index in [4.69, 9.17) is 8.83 Å². The fourth-order valence-corrected chi connectivity index (χ4v) is 1.23. The molecule has 4 nitrogen and oxygen atoms in total. The maximum Gasteiger partial charge on any atom is 0.250 e. The zero-order valence-electron chi connectivity index (χ0n) is 6.93. The van der Waals surface area contributed by atoms with Crippen molar-refractivity contribution >= 4 is 0 Å². The predicted molar refractivity (Wildman–Crippen MR) is 44.0 cm³/mol. The van der Waals surface area contributed by atoms with E-state index in [2.05, 4.69) is 10.2 Å². The largest absolute Gasteiger partial charge is 0.472 e. The number of furan rings is 1. The Balaban J connectivity index is 1.97. The van der Waals surface area contributed by atoms with Crippen LogP contribution in [0.5, 0.6) is 0 Å². The first-order valence-corrected chi connectivity index (χ1v) is 4.29. The molecule has 4 heteroatoms. The van der Waals surface area contributed by atoms with E-state index in [1.807, 2.05) is 6.07 Å². The van der Waals surface area contributed by atoms with Crippen LogP contribution in [0.3, 0.4) is 0 Å². The second kappa shape index (κ2) is 2.45. The summed E-state index contributed by atoms with van der Waals surface area (Å²) in [6.45, 7) is 0. The highest BCUT2D eigenvalue weighted by Crippen LogP contribution is 2.39. The normalized spacial score (nSPS) is 16.3. The van der Waals surface area contributed by atoms with Gasteiger partial charge in [0.2, 0.25) is 5.89 Å². The van der Waals surface area contributed by atoms with Gasteiger partial charge < -0.3 is 8.83 Å². The minimum absolute atomic E-state index is 0.508. The molecule has 1 fully saturated rings. The van der Waals surface area contributed by atoms with Gasteiger partial charge in [-0.2, -0.15) is 0 Å². The van der Waals surface area contributed by atoms with Gasteiger partial charge in [0, 0.05) is 5.92 Å². The van der Waals surface area contributed by atoms with Crippen LogP contribution in [0.15, 0.2) is 27.4 Å². The fraction of sp³-hybridized carbons (Fsp3) is 0.333. The molecule has 2 aromatic heterocycles. The first-order valence-electron chi connectivity index (χ1n) is 4.29. The molecule has 0 N–H and O–H groups in total. The predicted octanol–water partition coefficient (Wildman–Crippen LogP) is 2.21. The van der Waals surface area contributed by atoms with Crippen LogP contribution in [-0.2, 0) is 0 Å². The van der Waals surface area contributed by atoms with E-state index < -0.39 is 0 Å². The van der Waals surface area contributed by atoms with Crippen molar-refractivity contribution < 1.29 is 8.83 Å². The van der Waals surface area contributed by atoms with Gasteiger partial charge in [0.05, 0.1) is 11.8 Å². The smallest absolute Gasteiger partial charge is 0.250 e. The maximum atomic E-state index is 5.47. The van der Waals surface area contributed by atoms with Crippen molar-refractivity contribution in [3.8, 4) is 11.5 Å². The molecule has 0 unspecified atom stereocenters. The van der Waals surface area contributed by atoms with Crippen molar-refractivity contribution in [2.75, 3.05) is 0 Å². The average molecular weight is 176 g/mol. The number of rotatable bonds is 2. The Hall–Kier alpha value is -1.58. The Kier molecular flexibility index (Phi) is 1.30. The molecule has 1 saturated carbocycles. The molecule has 1 aliphatic rings. The van der Waals surface area contributed by atoms with Gasteiger partial charge in [0.15, 0.2) is 0 Å². The molecule has 0 atom stereocenters. The van der Waals surface area contributed by atoms with Crippen molar-refractivity contribution in [1.82, 2.24) is 10.2 Å². The quantitative estimate of drug-likeness (QED) is 0.703. The standard InChI is InChI=1S/C9H8N2O2/c1-2-6(1)8-10-11-9(13-8)7-3-4-12-5-7/h3-6H,1-2H2. The first kappa shape index (κ1) is 6.88. The van der Waals surface area contributed by atoms with Crippen molar-refractivity contribution in [1.29, 1.82) is 0 Å². The van der Waals surface area contributed by atoms with Gasteiger partial charge in [0.25, 0.3) is 5.89 Å². The lowest BCUT2D eigenvalue weighted by molar-refractivity contribution is 0.506. The lowest BCUT2D eigenvalue weighted by atomic mass is 10.3. The fourth-order valence-electron chi connectivity index (χ4n) is 1.23. The van der Waals surface area contributed by atoms with Crippen LogP contribution in [0.25, 0.3) is 11.5 Å². The molecule has 1 aliphatic carbocycles. The minimum atomic E-state index is 0.508. The van der Waals surface area contributed by atoms with Crippen LogP contribution >= 0.6 is 0 Å². The van der Waals surface area contributed by atoms with Crippen molar-refractivity contribution in [2.45, 2.75) is 18.8 Å². The van der Waals surface area contributed by atoms with Gasteiger partial charge in [-0.3, -0.25) is 0 Å². The van der Waals surface area contributed by atoms with Crippen LogP contribution < -0.4 is 0 Å². The van der Waals surface area contributed by atoms with Gasteiger partial charge in [0.1, 0.15) is 6.26 Å². The van der Waals surface area contributed by atoms with Crippen LogP contribution in [-0.4, -0.2) is 10.2 Å². The van der Waals surface area contributed by atoms with Gasteiger partial charge in [-0.05, 0) is 18.9 Å². The summed E-state index contributed by atoms with van der Waals surface area (Å²) in [5.41, 5.74) is 0.847. The summed E-state index contributed by atoms with van der Waals surface area (Å²) in [4.78, 5) is 0. The van der Waals surface area contributed by atoms with E-state index in [0.717, 1.165) is 11.5 Å². The van der Waals surface area contributed by atoms with E-state index in [1.165, 1.54) is 12.8 Å². The summed E-state index contributed by atoms with van der Waals surface area (Å²) in [5, 5.41) is 7.92. The third kappa shape index (κ3) is 1.14. The summed E-state index contributed by atoms with van der Waals surface area (Å²) in [6.07, 6.45) is 5.54. The Morgan fingerprint density at radius 3 is 2.92 bits per heavy atom. The second-order valence-electron chi connectivity index (χ2n) is 3.23. The molecule has 0 bridgehead atoms. The zero-order chi connectivity index (χ0) is 8.67. The van der Waals surface area contributed by atoms with E-state index in [-0.39, 0.29) is 0 Å². The Morgan fingerprint density at radius 1 is 1.31 bits per heavy atom. The van der Waals surface area contributed by atoms with Gasteiger partial charge in [-0.25, -0.2) is 0 Å². The van der Waals surface area contributed by atoms with Crippen molar-refractivity contribution in [3.05, 3.63) is 24.5 Å².